The van der Waals surface area contributed by atoms with Gasteiger partial charge in [0.05, 0.1) is 5.69 Å². The highest BCUT2D eigenvalue weighted by molar-refractivity contribution is 7.88. The largest absolute Gasteiger partial charge is 0.407 e. The van der Waals surface area contributed by atoms with E-state index in [1.807, 2.05) is 25.1 Å². The number of anilines is 2. The molecule has 0 heterocycles. The third kappa shape index (κ3) is 4.79. The van der Waals surface area contributed by atoms with E-state index in [0.29, 0.717) is 10.7 Å². The Morgan fingerprint density at radius 3 is 2.29 bits per heavy atom. The number of halogens is 1. The van der Waals surface area contributed by atoms with Crippen molar-refractivity contribution in [2.24, 2.45) is 0 Å². The fourth-order valence-corrected chi connectivity index (χ4v) is 3.30. The van der Waals surface area contributed by atoms with Gasteiger partial charge in [-0.1, -0.05) is 17.7 Å². The lowest BCUT2D eigenvalue weighted by atomic mass is 10.1. The van der Waals surface area contributed by atoms with Crippen molar-refractivity contribution in [3.05, 3.63) is 53.1 Å². The maximum atomic E-state index is 12.2. The van der Waals surface area contributed by atoms with Crippen LogP contribution in [0.2, 0.25) is 5.02 Å². The van der Waals surface area contributed by atoms with Gasteiger partial charge in [0.1, 0.15) is 5.75 Å². The lowest BCUT2D eigenvalue weighted by molar-refractivity contribution is 0.492. The Morgan fingerprint density at radius 1 is 1.08 bits per heavy atom. The summed E-state index contributed by atoms with van der Waals surface area (Å²) in [5, 5.41) is 0.510. The van der Waals surface area contributed by atoms with Crippen LogP contribution in [0, 0.1) is 6.92 Å². The van der Waals surface area contributed by atoms with Crippen molar-refractivity contribution in [3.8, 4) is 5.75 Å². The number of hydrogen-bond donors (Lipinski definition) is 1. The van der Waals surface area contributed by atoms with Gasteiger partial charge in [-0.05, 0) is 62.7 Å². The van der Waals surface area contributed by atoms with Gasteiger partial charge >= 0.3 is 10.3 Å². The Bertz CT molecular complexity index is 788. The fraction of sp³-hybridized carbons (Fsp3) is 0.294. The molecule has 0 fully saturated rings. The highest BCUT2D eigenvalue weighted by Gasteiger charge is 2.15. The van der Waals surface area contributed by atoms with Crippen molar-refractivity contribution in [2.45, 2.75) is 20.8 Å². The van der Waals surface area contributed by atoms with E-state index < -0.39 is 10.3 Å². The summed E-state index contributed by atoms with van der Waals surface area (Å²) in [4.78, 5) is 2.14. The highest BCUT2D eigenvalue weighted by Crippen LogP contribution is 2.25. The van der Waals surface area contributed by atoms with Gasteiger partial charge in [-0.15, -0.1) is 0 Å². The van der Waals surface area contributed by atoms with Crippen molar-refractivity contribution in [1.29, 1.82) is 0 Å². The summed E-state index contributed by atoms with van der Waals surface area (Å²) in [6, 6.07) is 11.8. The van der Waals surface area contributed by atoms with Gasteiger partial charge in [-0.2, -0.15) is 8.42 Å². The van der Waals surface area contributed by atoms with Crippen LogP contribution in [-0.4, -0.2) is 21.5 Å². The maximum absolute atomic E-state index is 12.2. The van der Waals surface area contributed by atoms with Crippen LogP contribution in [-0.2, 0) is 10.3 Å². The molecular formula is C17H21ClN2O3S. The molecule has 2 aromatic carbocycles. The smallest absolute Gasteiger partial charge is 0.372 e. The van der Waals surface area contributed by atoms with Crippen LogP contribution in [0.1, 0.15) is 19.4 Å². The van der Waals surface area contributed by atoms with Gasteiger partial charge in [0.2, 0.25) is 0 Å². The SMILES string of the molecule is CCN(CC)c1ccc(C)c(NS(=O)(=O)Oc2ccc(Cl)cc2)c1. The number of rotatable bonds is 7. The van der Waals surface area contributed by atoms with Crippen molar-refractivity contribution in [2.75, 3.05) is 22.7 Å². The molecule has 0 saturated carbocycles. The number of hydrogen-bond acceptors (Lipinski definition) is 4. The van der Waals surface area contributed by atoms with E-state index in [-0.39, 0.29) is 5.75 Å². The number of nitrogens with zero attached hydrogens (tertiary/aromatic N) is 1. The first-order valence-corrected chi connectivity index (χ1v) is 9.46. The van der Waals surface area contributed by atoms with E-state index in [1.165, 1.54) is 12.1 Å². The van der Waals surface area contributed by atoms with E-state index in [2.05, 4.69) is 23.5 Å². The Labute approximate surface area is 148 Å². The predicted octanol–water partition coefficient (Wildman–Crippen LogP) is 4.23. The average Bonchev–Trinajstić information content (AvgIpc) is 2.53. The van der Waals surface area contributed by atoms with E-state index in [1.54, 1.807) is 12.1 Å². The molecule has 0 aromatic heterocycles. The minimum Gasteiger partial charge on any atom is -0.372 e. The standard InChI is InChI=1S/C17H21ClN2O3S/c1-4-20(5-2)15-9-6-13(3)17(12-15)19-24(21,22)23-16-10-7-14(18)8-11-16/h6-12,19H,4-5H2,1-3H3. The van der Waals surface area contributed by atoms with Crippen molar-refractivity contribution in [3.63, 3.8) is 0 Å². The summed E-state index contributed by atoms with van der Waals surface area (Å²) in [6.45, 7) is 7.62. The van der Waals surface area contributed by atoms with Crippen molar-refractivity contribution in [1.82, 2.24) is 0 Å². The first-order chi connectivity index (χ1) is 11.3. The quantitative estimate of drug-likeness (QED) is 0.794. The minimum atomic E-state index is -3.99. The zero-order valence-corrected chi connectivity index (χ0v) is 15.5. The molecule has 0 aliphatic rings. The van der Waals surface area contributed by atoms with Crippen LogP contribution in [0.25, 0.3) is 0 Å². The van der Waals surface area contributed by atoms with E-state index in [4.69, 9.17) is 15.8 Å². The van der Waals surface area contributed by atoms with Crippen LogP contribution in [0.5, 0.6) is 5.75 Å². The van der Waals surface area contributed by atoms with Gasteiger partial charge in [-0.3, -0.25) is 4.72 Å². The lowest BCUT2D eigenvalue weighted by Gasteiger charge is -2.22. The summed E-state index contributed by atoms with van der Waals surface area (Å²) >= 11 is 5.78. The monoisotopic (exact) mass is 368 g/mol. The fourth-order valence-electron chi connectivity index (χ4n) is 2.28. The molecule has 2 aromatic rings. The summed E-state index contributed by atoms with van der Waals surface area (Å²) < 4.78 is 32.0. The van der Waals surface area contributed by atoms with Crippen LogP contribution < -0.4 is 13.8 Å². The molecule has 0 spiro atoms. The first kappa shape index (κ1) is 18.4. The average molecular weight is 369 g/mol. The normalized spacial score (nSPS) is 11.2. The molecule has 0 radical (unpaired) electrons. The van der Waals surface area contributed by atoms with E-state index in [9.17, 15) is 8.42 Å². The zero-order chi connectivity index (χ0) is 17.7. The van der Waals surface area contributed by atoms with Gasteiger partial charge in [0.15, 0.2) is 0 Å². The summed E-state index contributed by atoms with van der Waals surface area (Å²) in [5.74, 6) is 0.199. The highest BCUT2D eigenvalue weighted by atomic mass is 35.5. The Kier molecular flexibility index (Phi) is 5.96. The first-order valence-electron chi connectivity index (χ1n) is 7.68. The Hall–Kier alpha value is -1.92. The molecule has 0 atom stereocenters. The molecule has 2 rings (SSSR count). The number of benzene rings is 2. The molecule has 0 aliphatic carbocycles. The molecule has 1 N–H and O–H groups in total. The van der Waals surface area contributed by atoms with Gasteiger partial charge in [0, 0.05) is 23.8 Å². The molecule has 0 aliphatic heterocycles. The third-order valence-corrected chi connectivity index (χ3v) is 4.74. The second kappa shape index (κ2) is 7.77. The minimum absolute atomic E-state index is 0.199. The Balaban J connectivity index is 2.22. The topological polar surface area (TPSA) is 58.6 Å². The Morgan fingerprint density at radius 2 is 1.71 bits per heavy atom. The molecular weight excluding hydrogens is 348 g/mol. The molecule has 5 nitrogen and oxygen atoms in total. The number of nitrogens with one attached hydrogen (secondary N) is 1. The van der Waals surface area contributed by atoms with Crippen molar-refractivity contribution >= 4 is 33.3 Å². The molecule has 7 heteroatoms. The molecule has 24 heavy (non-hydrogen) atoms. The molecule has 0 amide bonds. The summed E-state index contributed by atoms with van der Waals surface area (Å²) in [5.41, 5.74) is 2.26. The second-order valence-electron chi connectivity index (χ2n) is 5.26. The predicted molar refractivity (Wildman–Crippen MR) is 99.4 cm³/mol. The van der Waals surface area contributed by atoms with Crippen LogP contribution >= 0.6 is 11.6 Å². The molecule has 0 saturated heterocycles. The second-order valence-corrected chi connectivity index (χ2v) is 6.98. The third-order valence-electron chi connectivity index (χ3n) is 3.60. The lowest BCUT2D eigenvalue weighted by Crippen LogP contribution is -2.23. The summed E-state index contributed by atoms with van der Waals surface area (Å²) in [6.07, 6.45) is 0. The molecule has 0 bridgehead atoms. The maximum Gasteiger partial charge on any atom is 0.407 e. The van der Waals surface area contributed by atoms with Crippen LogP contribution in [0.3, 0.4) is 0 Å². The van der Waals surface area contributed by atoms with Crippen molar-refractivity contribution < 1.29 is 12.6 Å². The van der Waals surface area contributed by atoms with Crippen LogP contribution in [0.15, 0.2) is 42.5 Å². The molecule has 130 valence electrons. The zero-order valence-electron chi connectivity index (χ0n) is 13.9. The van der Waals surface area contributed by atoms with Gasteiger partial charge in [0.25, 0.3) is 0 Å². The van der Waals surface area contributed by atoms with E-state index in [0.717, 1.165) is 24.3 Å². The van der Waals surface area contributed by atoms with Gasteiger partial charge in [-0.25, -0.2) is 0 Å². The van der Waals surface area contributed by atoms with E-state index >= 15 is 0 Å². The van der Waals surface area contributed by atoms with Crippen LogP contribution in [0.4, 0.5) is 11.4 Å². The van der Waals surface area contributed by atoms with Gasteiger partial charge < -0.3 is 9.08 Å². The summed E-state index contributed by atoms with van der Waals surface area (Å²) in [7, 11) is -3.99. The number of aryl methyl sites for hydroxylation is 1. The molecule has 0 unspecified atom stereocenters.